The number of benzene rings is 2. The fourth-order valence-electron chi connectivity index (χ4n) is 5.41. The quantitative estimate of drug-likeness (QED) is 0.336. The van der Waals surface area contributed by atoms with Gasteiger partial charge in [0, 0.05) is 24.8 Å². The second kappa shape index (κ2) is 10.0. The van der Waals surface area contributed by atoms with Crippen molar-refractivity contribution < 1.29 is 0 Å². The molecule has 192 valence electrons. The summed E-state index contributed by atoms with van der Waals surface area (Å²) in [7, 11) is 4.38. The summed E-state index contributed by atoms with van der Waals surface area (Å²) in [5.41, 5.74) is 5.29. The molecule has 1 fully saturated rings. The maximum atomic E-state index is 13.6. The first-order valence-corrected chi connectivity index (χ1v) is 13.4. The lowest BCUT2D eigenvalue weighted by molar-refractivity contribution is 0.465. The average molecular weight is 524 g/mol. The van der Waals surface area contributed by atoms with Crippen LogP contribution in [0.4, 0.5) is 5.69 Å². The Morgan fingerprint density at radius 1 is 1.05 bits per heavy atom. The second-order valence-corrected chi connectivity index (χ2v) is 10.4. The highest BCUT2D eigenvalue weighted by Crippen LogP contribution is 2.32. The van der Waals surface area contributed by atoms with Gasteiger partial charge in [0.05, 0.1) is 23.2 Å². The predicted octanol–water partition coefficient (Wildman–Crippen LogP) is 1.92. The van der Waals surface area contributed by atoms with E-state index < -0.39 is 0 Å². The van der Waals surface area contributed by atoms with Gasteiger partial charge in [-0.15, -0.1) is 0 Å². The van der Waals surface area contributed by atoms with Crippen molar-refractivity contribution >= 4 is 26.2 Å². The number of para-hydroxylation sites is 1. The van der Waals surface area contributed by atoms with Crippen LogP contribution >= 0.6 is 9.24 Å². The minimum atomic E-state index is -0.241. The first-order valence-electron chi connectivity index (χ1n) is 12.9. The molecule has 3 N–H and O–H groups in total. The van der Waals surface area contributed by atoms with Gasteiger partial charge in [0.2, 0.25) is 5.62 Å². The van der Waals surface area contributed by atoms with Gasteiger partial charge in [0.25, 0.3) is 5.56 Å². The minimum Gasteiger partial charge on any atom is -0.367 e. The van der Waals surface area contributed by atoms with E-state index in [4.69, 9.17) is 10.4 Å². The van der Waals surface area contributed by atoms with Crippen molar-refractivity contribution in [2.75, 3.05) is 5.32 Å². The van der Waals surface area contributed by atoms with E-state index >= 15 is 0 Å². The molecular weight excluding hydrogens is 493 g/mol. The minimum absolute atomic E-state index is 0.141. The highest BCUT2D eigenvalue weighted by Gasteiger charge is 2.34. The normalized spacial score (nSPS) is 18.4. The van der Waals surface area contributed by atoms with Gasteiger partial charge in [-0.25, -0.2) is 9.98 Å². The smallest absolute Gasteiger partial charge is 0.267 e. The standard InChI is InChI=1S/C29H30N7OP/c1-35-28(37)25(26(30)36-23-11-5-10-22(23)34-29(35)36)27(32-20-7-3-2-4-8-20)31-17-18-13-15-19(16-14-18)21-9-6-12-24(38)33-21/h2-4,6-9,12-16,22-23,30-32H,5,10-11,17,38H2,1H3/b27-25-,30-26?/t22-,23?/m1/s1. The number of pyridine rings is 1. The zero-order chi connectivity index (χ0) is 26.2. The molecule has 2 aromatic heterocycles. The van der Waals surface area contributed by atoms with Crippen LogP contribution in [0.3, 0.4) is 0 Å². The fourth-order valence-corrected chi connectivity index (χ4v) is 5.66. The summed E-state index contributed by atoms with van der Waals surface area (Å²) < 4.78 is 3.53. The molecule has 0 saturated heterocycles. The van der Waals surface area contributed by atoms with Crippen molar-refractivity contribution in [3.05, 3.63) is 105 Å². The van der Waals surface area contributed by atoms with Crippen molar-refractivity contribution in [3.63, 3.8) is 0 Å². The summed E-state index contributed by atoms with van der Waals surface area (Å²) in [6, 6.07) is 24.2. The SMILES string of the molecule is Cn1c(=O)/c(=C(/NCc2ccc(-c3cccc(P)n3)cc2)Nc2ccccc2)c(=N)n2c1=N[C@@H]1CCCC12. The molecule has 0 bridgehead atoms. The van der Waals surface area contributed by atoms with Crippen molar-refractivity contribution in [1.29, 1.82) is 5.41 Å². The van der Waals surface area contributed by atoms with Gasteiger partial charge in [0.1, 0.15) is 16.5 Å². The van der Waals surface area contributed by atoms with Gasteiger partial charge in [-0.2, -0.15) is 0 Å². The van der Waals surface area contributed by atoms with E-state index in [1.165, 1.54) is 0 Å². The van der Waals surface area contributed by atoms with Crippen LogP contribution in [-0.4, -0.2) is 20.2 Å². The highest BCUT2D eigenvalue weighted by atomic mass is 31.0. The van der Waals surface area contributed by atoms with Crippen LogP contribution in [0.5, 0.6) is 0 Å². The molecule has 1 aliphatic carbocycles. The number of fused-ring (bicyclic) bond motifs is 3. The van der Waals surface area contributed by atoms with E-state index in [-0.39, 0.29) is 23.1 Å². The summed E-state index contributed by atoms with van der Waals surface area (Å²) in [6.07, 6.45) is 3.07. The molecule has 2 unspecified atom stereocenters. The Labute approximate surface area is 222 Å². The number of hydrogen-bond donors (Lipinski definition) is 3. The molecule has 1 aliphatic heterocycles. The molecule has 3 atom stereocenters. The number of aromatic nitrogens is 3. The lowest BCUT2D eigenvalue weighted by Crippen LogP contribution is -2.59. The van der Waals surface area contributed by atoms with E-state index in [1.807, 2.05) is 53.1 Å². The number of nitrogens with one attached hydrogen (secondary N) is 3. The first kappa shape index (κ1) is 24.3. The predicted molar refractivity (Wildman–Crippen MR) is 152 cm³/mol. The van der Waals surface area contributed by atoms with E-state index in [0.29, 0.717) is 23.2 Å². The van der Waals surface area contributed by atoms with E-state index in [9.17, 15) is 4.79 Å². The highest BCUT2D eigenvalue weighted by molar-refractivity contribution is 7.26. The molecule has 38 heavy (non-hydrogen) atoms. The maximum Gasteiger partial charge on any atom is 0.267 e. The molecule has 9 heteroatoms. The van der Waals surface area contributed by atoms with E-state index in [0.717, 1.165) is 47.2 Å². The first-order chi connectivity index (χ1) is 18.5. The fraction of sp³-hybridized carbons (Fsp3) is 0.241. The monoisotopic (exact) mass is 523 g/mol. The van der Waals surface area contributed by atoms with Gasteiger partial charge >= 0.3 is 0 Å². The third kappa shape index (κ3) is 4.45. The zero-order valence-electron chi connectivity index (χ0n) is 21.2. The maximum absolute atomic E-state index is 13.6. The van der Waals surface area contributed by atoms with Crippen LogP contribution in [0.2, 0.25) is 0 Å². The Morgan fingerprint density at radius 3 is 2.61 bits per heavy atom. The second-order valence-electron chi connectivity index (χ2n) is 9.82. The van der Waals surface area contributed by atoms with Crippen molar-refractivity contribution in [1.82, 2.24) is 19.4 Å². The molecule has 8 nitrogen and oxygen atoms in total. The molecule has 0 radical (unpaired) electrons. The van der Waals surface area contributed by atoms with Gasteiger partial charge in [-0.1, -0.05) is 57.8 Å². The van der Waals surface area contributed by atoms with Crippen molar-refractivity contribution in [2.45, 2.75) is 37.9 Å². The van der Waals surface area contributed by atoms with E-state index in [1.54, 1.807) is 11.6 Å². The van der Waals surface area contributed by atoms with Crippen LogP contribution in [-0.2, 0) is 13.6 Å². The topological polar surface area (TPSA) is 100 Å². The Kier molecular flexibility index (Phi) is 6.42. The van der Waals surface area contributed by atoms with Crippen molar-refractivity contribution in [2.24, 2.45) is 12.0 Å². The van der Waals surface area contributed by atoms with Crippen LogP contribution in [0.15, 0.2) is 82.6 Å². The Bertz CT molecular complexity index is 1740. The Hall–Kier alpha value is -4.03. The molecule has 2 aliphatic rings. The van der Waals surface area contributed by atoms with Crippen LogP contribution in [0.1, 0.15) is 30.9 Å². The third-order valence-corrected chi connectivity index (χ3v) is 7.67. The van der Waals surface area contributed by atoms with E-state index in [2.05, 4.69) is 49.1 Å². The summed E-state index contributed by atoms with van der Waals surface area (Å²) >= 11 is 0. The summed E-state index contributed by atoms with van der Waals surface area (Å²) in [5.74, 6) is 0.514. The number of nitrogens with zero attached hydrogens (tertiary/aromatic N) is 4. The number of rotatable bonds is 6. The molecule has 6 rings (SSSR count). The average Bonchev–Trinajstić information content (AvgIpc) is 3.53. The molecular formula is C29H30N7OP. The van der Waals surface area contributed by atoms with Crippen LogP contribution < -0.4 is 38.0 Å². The lowest BCUT2D eigenvalue weighted by Gasteiger charge is -2.17. The van der Waals surface area contributed by atoms with Crippen LogP contribution in [0.25, 0.3) is 17.1 Å². The Morgan fingerprint density at radius 2 is 1.84 bits per heavy atom. The molecule has 3 heterocycles. The molecule has 0 spiro atoms. The Balaban J connectivity index is 1.40. The summed E-state index contributed by atoms with van der Waals surface area (Å²) in [6.45, 7) is 0.479. The third-order valence-electron chi connectivity index (χ3n) is 7.35. The van der Waals surface area contributed by atoms with Gasteiger partial charge in [-0.05, 0) is 49.1 Å². The number of anilines is 1. The van der Waals surface area contributed by atoms with Gasteiger partial charge in [-0.3, -0.25) is 19.3 Å². The molecule has 0 amide bonds. The largest absolute Gasteiger partial charge is 0.367 e. The molecule has 1 saturated carbocycles. The van der Waals surface area contributed by atoms with Crippen molar-refractivity contribution in [3.8, 4) is 11.3 Å². The zero-order valence-corrected chi connectivity index (χ0v) is 22.3. The molecule has 2 aromatic carbocycles. The molecule has 4 aromatic rings. The van der Waals surface area contributed by atoms with Crippen LogP contribution in [0, 0.1) is 5.41 Å². The lowest BCUT2D eigenvalue weighted by atomic mass is 10.1. The summed E-state index contributed by atoms with van der Waals surface area (Å²) in [5, 5.41) is 16.3. The van der Waals surface area contributed by atoms with Gasteiger partial charge < -0.3 is 10.6 Å². The number of hydrogen-bond acceptors (Lipinski definition) is 6. The summed E-state index contributed by atoms with van der Waals surface area (Å²) in [4.78, 5) is 23.0. The van der Waals surface area contributed by atoms with Gasteiger partial charge in [0.15, 0.2) is 0 Å².